The van der Waals surface area contributed by atoms with E-state index < -0.39 is 65.7 Å². The minimum Gasteiger partial charge on any atom is -0.495 e. The number of rotatable bonds is 24. The molecule has 0 radical (unpaired) electrons. The number of alkyl carbamates (subject to hydrolysis) is 1. The third-order valence-electron chi connectivity index (χ3n) is 15.6. The first-order chi connectivity index (χ1) is 40.8. The van der Waals surface area contributed by atoms with Gasteiger partial charge < -0.3 is 67.8 Å². The third-order valence-corrected chi connectivity index (χ3v) is 16.0. The number of aliphatic hydroxyl groups is 1. The fraction of sp³-hybridized carbons (Fsp3) is 0.524. The zero-order chi connectivity index (χ0) is 61.3. The Kier molecular flexibility index (Phi) is 23.9. The average molecular weight is 1200 g/mol. The van der Waals surface area contributed by atoms with Gasteiger partial charge in [0.2, 0.25) is 23.6 Å². The molecule has 0 saturated carbocycles. The molecule has 0 spiro atoms. The number of para-hydroxylation sites is 1. The smallest absolute Gasteiger partial charge is 0.409 e. The van der Waals surface area contributed by atoms with E-state index in [4.69, 9.17) is 54.2 Å². The summed E-state index contributed by atoms with van der Waals surface area (Å²) in [5.41, 5.74) is 2.21. The number of anilines is 2. The van der Waals surface area contributed by atoms with Crippen molar-refractivity contribution in [3.05, 3.63) is 112 Å². The molecule has 22 heteroatoms. The van der Waals surface area contributed by atoms with Crippen LogP contribution < -0.4 is 25.2 Å². The number of nitrogens with zero attached hydrogens (tertiary/aromatic N) is 3. The number of carbonyl (C=O) groups is 6. The zero-order valence-corrected chi connectivity index (χ0v) is 50.5. The molecule has 4 aliphatic rings. The molecule has 0 aromatic heterocycles. The van der Waals surface area contributed by atoms with Gasteiger partial charge in [-0.3, -0.25) is 24.5 Å². The molecule has 3 N–H and O–H groups in total. The number of amides is 5. The van der Waals surface area contributed by atoms with Crippen LogP contribution in [0.1, 0.15) is 88.5 Å². The molecule has 2 saturated heterocycles. The Hall–Kier alpha value is -6.87. The summed E-state index contributed by atoms with van der Waals surface area (Å²) in [6, 6.07) is 17.8. The second-order valence-corrected chi connectivity index (χ2v) is 22.1. The molecular formula is C63H80ClN5O16. The maximum absolute atomic E-state index is 14.3. The lowest BCUT2D eigenvalue weighted by atomic mass is 9.83. The van der Waals surface area contributed by atoms with E-state index in [1.165, 1.54) is 38.0 Å². The van der Waals surface area contributed by atoms with Gasteiger partial charge >= 0.3 is 12.1 Å². The Balaban J connectivity index is 0.793. The fourth-order valence-corrected chi connectivity index (χ4v) is 10.7. The lowest BCUT2D eigenvalue weighted by Gasteiger charge is -2.42. The van der Waals surface area contributed by atoms with Gasteiger partial charge in [0.05, 0.1) is 83.8 Å². The molecule has 2 fully saturated rings. The normalized spacial score (nSPS) is 24.2. The number of carbonyl (C=O) groups excluding carboxylic acids is 6. The molecule has 2 unspecified atom stereocenters. The molecule has 85 heavy (non-hydrogen) atoms. The third kappa shape index (κ3) is 17.6. The van der Waals surface area contributed by atoms with E-state index in [1.807, 2.05) is 61.5 Å². The van der Waals surface area contributed by atoms with Crippen LogP contribution in [0.25, 0.3) is 0 Å². The van der Waals surface area contributed by atoms with Crippen LogP contribution >= 0.6 is 11.6 Å². The number of halogens is 1. The summed E-state index contributed by atoms with van der Waals surface area (Å²) in [6.07, 6.45) is 1.13. The Morgan fingerprint density at radius 3 is 2.27 bits per heavy atom. The van der Waals surface area contributed by atoms with Gasteiger partial charge in [-0.05, 0) is 75.1 Å². The van der Waals surface area contributed by atoms with E-state index in [2.05, 4.69) is 22.5 Å². The number of nitrogens with one attached hydrogen (secondary N) is 2. The highest BCUT2D eigenvalue weighted by Gasteiger charge is 2.64. The van der Waals surface area contributed by atoms with Crippen LogP contribution in [-0.2, 0) is 74.8 Å². The lowest BCUT2D eigenvalue weighted by Crippen LogP contribution is -2.63. The van der Waals surface area contributed by atoms with E-state index in [9.17, 15) is 33.9 Å². The predicted octanol–water partition coefficient (Wildman–Crippen LogP) is 6.20. The van der Waals surface area contributed by atoms with Crippen molar-refractivity contribution in [3.63, 3.8) is 0 Å². The Bertz CT molecular complexity index is 2980. The number of ether oxygens (including phenoxy) is 9. The van der Waals surface area contributed by atoms with Crippen molar-refractivity contribution in [2.45, 2.75) is 121 Å². The lowest BCUT2D eigenvalue weighted by molar-refractivity contribution is -0.162. The predicted molar refractivity (Wildman–Crippen MR) is 316 cm³/mol. The van der Waals surface area contributed by atoms with Gasteiger partial charge in [0.1, 0.15) is 40.7 Å². The Morgan fingerprint density at radius 1 is 0.906 bits per heavy atom. The van der Waals surface area contributed by atoms with Crippen LogP contribution in [0.4, 0.5) is 16.2 Å². The van der Waals surface area contributed by atoms with Crippen molar-refractivity contribution in [2.24, 2.45) is 5.92 Å². The maximum Gasteiger partial charge on any atom is 0.409 e. The first-order valence-corrected chi connectivity index (χ1v) is 29.1. The second-order valence-electron chi connectivity index (χ2n) is 21.7. The average Bonchev–Trinajstić information content (AvgIpc) is 2.64. The van der Waals surface area contributed by atoms with Crippen LogP contribution in [0.3, 0.4) is 0 Å². The summed E-state index contributed by atoms with van der Waals surface area (Å²) in [5.74, 6) is 4.19. The molecule has 3 aromatic rings. The number of methoxy groups -OCH3 is 2. The molecule has 4 bridgehead atoms. The first kappa shape index (κ1) is 65.7. The number of benzene rings is 3. The van der Waals surface area contributed by atoms with Gasteiger partial charge in [0.25, 0.3) is 0 Å². The van der Waals surface area contributed by atoms with Crippen LogP contribution in [0.5, 0.6) is 5.75 Å². The van der Waals surface area contributed by atoms with E-state index in [-0.39, 0.29) is 74.7 Å². The Labute approximate surface area is 502 Å². The largest absolute Gasteiger partial charge is 0.495 e. The molecule has 0 aliphatic carbocycles. The standard InChI is InChI=1S/C63H80ClN5O16/c1-41-15-13-20-52(78-8)63(76)39-51(83-61(75)66-63)42(2)59-62(4,85-59)53(38-57(73)68(6)49-36-44(35-41)37-50(77-7)58(49)64)84-60(74)43(3)67(5)55(71)21-14-27-79-29-31-81-33-34-82-32-30-80-28-26-65-54(70)24-25-56(72)69-40-47-18-10-9-16-45(47)22-23-46-17-11-12-19-48(46)69/h9-13,15-20,36-37,42-43,51-53,59,76H,14,21,24-35,38-40H2,1-8H3,(H,65,70)(H,66,75)/b20-13-,41-15-/t42-,43+,51?,52-,53+,59?,62+,63+/m1/s1. The highest BCUT2D eigenvalue weighted by atomic mass is 35.5. The summed E-state index contributed by atoms with van der Waals surface area (Å²) in [6.45, 7) is 10.0. The summed E-state index contributed by atoms with van der Waals surface area (Å²) >= 11 is 6.82. The highest BCUT2D eigenvalue weighted by Crippen LogP contribution is 2.49. The van der Waals surface area contributed by atoms with Crippen molar-refractivity contribution >= 4 is 58.7 Å². The maximum atomic E-state index is 14.3. The van der Waals surface area contributed by atoms with Crippen LogP contribution in [0, 0.1) is 17.8 Å². The molecule has 4 heterocycles. The fourth-order valence-electron chi connectivity index (χ4n) is 10.4. The molecule has 8 atom stereocenters. The minimum absolute atomic E-state index is 0.0409. The Morgan fingerprint density at radius 2 is 1.56 bits per heavy atom. The topological polar surface area (TPSA) is 243 Å². The number of allylic oxidation sites excluding steroid dienone is 3. The van der Waals surface area contributed by atoms with Crippen LogP contribution in [0.2, 0.25) is 5.02 Å². The summed E-state index contributed by atoms with van der Waals surface area (Å²) < 4.78 is 51.9. The highest BCUT2D eigenvalue weighted by molar-refractivity contribution is 6.35. The van der Waals surface area contributed by atoms with Crippen molar-refractivity contribution in [1.82, 2.24) is 15.5 Å². The molecule has 460 valence electrons. The van der Waals surface area contributed by atoms with E-state index >= 15 is 0 Å². The van der Waals surface area contributed by atoms with Crippen LogP contribution in [-0.4, -0.2) is 175 Å². The van der Waals surface area contributed by atoms with E-state index in [0.29, 0.717) is 70.4 Å². The van der Waals surface area contributed by atoms with E-state index in [0.717, 1.165) is 33.5 Å². The number of fused-ring (bicyclic) bond motifs is 7. The molecule has 21 nitrogen and oxygen atoms in total. The van der Waals surface area contributed by atoms with Gasteiger partial charge in [-0.1, -0.05) is 84.5 Å². The number of hydrogen-bond acceptors (Lipinski definition) is 16. The molecular weight excluding hydrogens is 1120 g/mol. The monoisotopic (exact) mass is 1200 g/mol. The molecule has 4 aliphatic heterocycles. The van der Waals surface area contributed by atoms with Crippen molar-refractivity contribution in [2.75, 3.05) is 97.5 Å². The van der Waals surface area contributed by atoms with Gasteiger partial charge in [-0.15, -0.1) is 0 Å². The van der Waals surface area contributed by atoms with Gasteiger partial charge in [0, 0.05) is 77.1 Å². The summed E-state index contributed by atoms with van der Waals surface area (Å²) in [7, 11) is 5.96. The number of likely N-dealkylation sites (N-methyl/N-ethyl adjacent to an activating group) is 1. The molecule has 7 rings (SSSR count). The number of epoxide rings is 1. The molecule has 5 amide bonds. The van der Waals surface area contributed by atoms with Gasteiger partial charge in [-0.2, -0.15) is 0 Å². The first-order valence-electron chi connectivity index (χ1n) is 28.7. The summed E-state index contributed by atoms with van der Waals surface area (Å²) in [5, 5.41) is 17.4. The zero-order valence-electron chi connectivity index (χ0n) is 49.8. The van der Waals surface area contributed by atoms with Crippen LogP contribution in [0.15, 0.2) is 84.5 Å². The number of esters is 1. The minimum atomic E-state index is -1.86. The van der Waals surface area contributed by atoms with Gasteiger partial charge in [-0.25, -0.2) is 9.59 Å². The van der Waals surface area contributed by atoms with Crippen molar-refractivity contribution in [1.29, 1.82) is 0 Å². The quantitative estimate of drug-likeness (QED) is 0.0391. The second kappa shape index (κ2) is 31.0. The van der Waals surface area contributed by atoms with Crippen molar-refractivity contribution in [3.8, 4) is 17.6 Å². The van der Waals surface area contributed by atoms with Gasteiger partial charge in [0.15, 0.2) is 5.72 Å². The number of hydrogen-bond donors (Lipinski definition) is 3. The SMILES string of the molecule is COc1cc2cc(c1Cl)N(C)C(=O)C[C@H](OC(=O)[C@H](C)N(C)C(=O)CCCOCCOCCOCCOCCNC(=O)CCC(=O)N1Cc3ccccc3C#Cc3ccccc31)[C@]1(C)OC1[C@H](C)C1C[C@@](O)(NC(=O)O1)[C@H](OC)/C=C\C=C(\C)C2. The van der Waals surface area contributed by atoms with E-state index in [1.54, 1.807) is 50.1 Å². The molecule has 3 aromatic carbocycles. The summed E-state index contributed by atoms with van der Waals surface area (Å²) in [4.78, 5) is 85.2. The van der Waals surface area contributed by atoms with Crippen molar-refractivity contribution < 1.29 is 76.5 Å².